The number of unbranched alkanes of at least 4 members (excludes halogenated alkanes) is 9. The molecule has 0 aliphatic carbocycles. The van der Waals surface area contributed by atoms with Gasteiger partial charge in [0.2, 0.25) is 6.29 Å². The molecule has 0 fully saturated rings. The molecule has 2 rings (SSSR count). The van der Waals surface area contributed by atoms with Crippen LogP contribution in [0.15, 0.2) is 36.1 Å². The zero-order chi connectivity index (χ0) is 23.7. The third-order valence-electron chi connectivity index (χ3n) is 5.92. The van der Waals surface area contributed by atoms with Crippen LogP contribution in [0, 0.1) is 0 Å². The molecule has 1 aliphatic heterocycles. The Kier molecular flexibility index (Phi) is 13.7. The Balaban J connectivity index is 1.66. The summed E-state index contributed by atoms with van der Waals surface area (Å²) in [6.07, 6.45) is 15.3. The van der Waals surface area contributed by atoms with Gasteiger partial charge >= 0.3 is 5.97 Å². The standard InChI is InChI=1S/C28H44O5/c1-4-6-8-10-11-12-13-15-24-21-31-28(32-22-24)25-16-18-26(19-17-25)33-23(3)27(29)30-20-14-9-7-5-2/h16-19,21,23,28H,4-15,20,22H2,1-3H3/t23-,28?/m1/s1. The monoisotopic (exact) mass is 460 g/mol. The molecule has 33 heavy (non-hydrogen) atoms. The van der Waals surface area contributed by atoms with Crippen LogP contribution in [0.1, 0.15) is 110 Å². The molecule has 1 unspecified atom stereocenters. The minimum atomic E-state index is -0.638. The molecule has 0 amide bonds. The van der Waals surface area contributed by atoms with Crippen molar-refractivity contribution in [2.24, 2.45) is 0 Å². The summed E-state index contributed by atoms with van der Waals surface area (Å²) in [7, 11) is 0. The van der Waals surface area contributed by atoms with E-state index in [0.717, 1.165) is 31.2 Å². The maximum atomic E-state index is 12.1. The van der Waals surface area contributed by atoms with Crippen LogP contribution in [0.25, 0.3) is 0 Å². The summed E-state index contributed by atoms with van der Waals surface area (Å²) < 4.78 is 22.8. The van der Waals surface area contributed by atoms with Crippen LogP contribution < -0.4 is 4.74 Å². The number of rotatable bonds is 17. The molecule has 0 aromatic heterocycles. The maximum Gasteiger partial charge on any atom is 0.347 e. The van der Waals surface area contributed by atoms with Gasteiger partial charge in [-0.3, -0.25) is 0 Å². The summed E-state index contributed by atoms with van der Waals surface area (Å²) in [6, 6.07) is 7.51. The minimum absolute atomic E-state index is 0.326. The fourth-order valence-electron chi connectivity index (χ4n) is 3.80. The molecule has 0 bridgehead atoms. The molecule has 0 saturated carbocycles. The van der Waals surface area contributed by atoms with Crippen molar-refractivity contribution < 1.29 is 23.7 Å². The normalized spacial score (nSPS) is 16.6. The number of ether oxygens (including phenoxy) is 4. The second-order valence-corrected chi connectivity index (χ2v) is 8.98. The Hall–Kier alpha value is -2.01. The van der Waals surface area contributed by atoms with Crippen LogP contribution in [-0.4, -0.2) is 25.3 Å². The SMILES string of the molecule is CCCCCCCCCC1=COC(c2ccc(O[C@H](C)C(=O)OCCCCCC)cc2)OC1. The summed E-state index contributed by atoms with van der Waals surface area (Å²) in [5, 5.41) is 0. The molecule has 0 radical (unpaired) electrons. The molecule has 0 saturated heterocycles. The Morgan fingerprint density at radius 2 is 1.58 bits per heavy atom. The second kappa shape index (κ2) is 16.6. The highest BCUT2D eigenvalue weighted by molar-refractivity contribution is 5.74. The quantitative estimate of drug-likeness (QED) is 0.176. The molecular formula is C28H44O5. The first kappa shape index (κ1) is 27.2. The Bertz CT molecular complexity index is 682. The van der Waals surface area contributed by atoms with Crippen LogP contribution in [0.2, 0.25) is 0 Å². The predicted octanol–water partition coefficient (Wildman–Crippen LogP) is 7.65. The first-order chi connectivity index (χ1) is 16.1. The number of carbonyl (C=O) groups excluding carboxylic acids is 1. The molecular weight excluding hydrogens is 416 g/mol. The van der Waals surface area contributed by atoms with E-state index in [0.29, 0.717) is 19.0 Å². The van der Waals surface area contributed by atoms with E-state index in [1.807, 2.05) is 30.5 Å². The lowest BCUT2D eigenvalue weighted by Crippen LogP contribution is -2.26. The van der Waals surface area contributed by atoms with Crippen molar-refractivity contribution >= 4 is 5.97 Å². The van der Waals surface area contributed by atoms with Gasteiger partial charge in [-0.2, -0.15) is 0 Å². The van der Waals surface area contributed by atoms with E-state index >= 15 is 0 Å². The largest absolute Gasteiger partial charge is 0.479 e. The van der Waals surface area contributed by atoms with Crippen LogP contribution in [0.4, 0.5) is 0 Å². The predicted molar refractivity (Wildman–Crippen MR) is 132 cm³/mol. The molecule has 1 heterocycles. The maximum absolute atomic E-state index is 12.1. The summed E-state index contributed by atoms with van der Waals surface area (Å²) in [6.45, 7) is 7.19. The van der Waals surface area contributed by atoms with Gasteiger partial charge in [-0.25, -0.2) is 4.79 Å². The fraction of sp³-hybridized carbons (Fsp3) is 0.679. The summed E-state index contributed by atoms with van der Waals surface area (Å²) in [4.78, 5) is 12.1. The number of hydrogen-bond donors (Lipinski definition) is 0. The molecule has 5 heteroatoms. The van der Waals surface area contributed by atoms with E-state index in [2.05, 4.69) is 13.8 Å². The molecule has 1 aliphatic rings. The summed E-state index contributed by atoms with van der Waals surface area (Å²) in [5.74, 6) is 0.299. The highest BCUT2D eigenvalue weighted by Gasteiger charge is 2.19. The van der Waals surface area contributed by atoms with Gasteiger partial charge in [0.15, 0.2) is 6.10 Å². The highest BCUT2D eigenvalue weighted by Crippen LogP contribution is 2.28. The first-order valence-electron chi connectivity index (χ1n) is 13.0. The van der Waals surface area contributed by atoms with E-state index < -0.39 is 12.4 Å². The number of esters is 1. The van der Waals surface area contributed by atoms with Crippen LogP contribution in [0.5, 0.6) is 5.75 Å². The van der Waals surface area contributed by atoms with E-state index in [1.165, 1.54) is 56.9 Å². The van der Waals surface area contributed by atoms with Gasteiger partial charge in [-0.1, -0.05) is 71.6 Å². The van der Waals surface area contributed by atoms with E-state index in [1.54, 1.807) is 6.92 Å². The molecule has 0 N–H and O–H groups in total. The lowest BCUT2D eigenvalue weighted by molar-refractivity contribution is -0.151. The lowest BCUT2D eigenvalue weighted by Gasteiger charge is -2.24. The molecule has 5 nitrogen and oxygen atoms in total. The zero-order valence-corrected chi connectivity index (χ0v) is 21.0. The smallest absolute Gasteiger partial charge is 0.347 e. The van der Waals surface area contributed by atoms with Gasteiger partial charge in [0.1, 0.15) is 5.75 Å². The first-order valence-corrected chi connectivity index (χ1v) is 13.0. The van der Waals surface area contributed by atoms with Crippen molar-refractivity contribution in [3.05, 3.63) is 41.7 Å². The second-order valence-electron chi connectivity index (χ2n) is 8.98. The number of benzene rings is 1. The van der Waals surface area contributed by atoms with Crippen molar-refractivity contribution in [3.63, 3.8) is 0 Å². The van der Waals surface area contributed by atoms with Crippen LogP contribution >= 0.6 is 0 Å². The number of carbonyl (C=O) groups is 1. The zero-order valence-electron chi connectivity index (χ0n) is 21.0. The minimum Gasteiger partial charge on any atom is -0.479 e. The topological polar surface area (TPSA) is 54.0 Å². The molecule has 1 aromatic rings. The number of hydrogen-bond acceptors (Lipinski definition) is 5. The van der Waals surface area contributed by atoms with Gasteiger partial charge in [0, 0.05) is 5.56 Å². The van der Waals surface area contributed by atoms with Gasteiger partial charge in [0.25, 0.3) is 0 Å². The van der Waals surface area contributed by atoms with Gasteiger partial charge < -0.3 is 18.9 Å². The molecule has 0 spiro atoms. The molecule has 2 atom stereocenters. The molecule has 186 valence electrons. The van der Waals surface area contributed by atoms with E-state index in [4.69, 9.17) is 18.9 Å². The fourth-order valence-corrected chi connectivity index (χ4v) is 3.80. The molecule has 1 aromatic carbocycles. The van der Waals surface area contributed by atoms with Gasteiger partial charge in [-0.05, 0) is 56.0 Å². The van der Waals surface area contributed by atoms with Gasteiger partial charge in [-0.15, -0.1) is 0 Å². The van der Waals surface area contributed by atoms with Crippen molar-refractivity contribution in [1.29, 1.82) is 0 Å². The summed E-state index contributed by atoms with van der Waals surface area (Å²) >= 11 is 0. The van der Waals surface area contributed by atoms with Crippen molar-refractivity contribution in [3.8, 4) is 5.75 Å². The van der Waals surface area contributed by atoms with Crippen molar-refractivity contribution in [2.45, 2.75) is 110 Å². The highest BCUT2D eigenvalue weighted by atomic mass is 16.7. The Labute approximate surface area is 200 Å². The van der Waals surface area contributed by atoms with E-state index in [9.17, 15) is 4.79 Å². The van der Waals surface area contributed by atoms with Crippen molar-refractivity contribution in [2.75, 3.05) is 13.2 Å². The van der Waals surface area contributed by atoms with Gasteiger partial charge in [0.05, 0.1) is 19.5 Å². The lowest BCUT2D eigenvalue weighted by atomic mass is 10.1. The average Bonchev–Trinajstić information content (AvgIpc) is 2.84. The summed E-state index contributed by atoms with van der Waals surface area (Å²) in [5.41, 5.74) is 2.15. The average molecular weight is 461 g/mol. The van der Waals surface area contributed by atoms with Crippen LogP contribution in [0.3, 0.4) is 0 Å². The Morgan fingerprint density at radius 3 is 2.21 bits per heavy atom. The third kappa shape index (κ3) is 11.1. The third-order valence-corrected chi connectivity index (χ3v) is 5.92. The Morgan fingerprint density at radius 1 is 0.939 bits per heavy atom. The van der Waals surface area contributed by atoms with Crippen LogP contribution in [-0.2, 0) is 19.0 Å². The van der Waals surface area contributed by atoms with E-state index in [-0.39, 0.29) is 5.97 Å². The van der Waals surface area contributed by atoms with Crippen molar-refractivity contribution in [1.82, 2.24) is 0 Å².